The van der Waals surface area contributed by atoms with E-state index in [-0.39, 0.29) is 17.7 Å². The van der Waals surface area contributed by atoms with Gasteiger partial charge in [0, 0.05) is 6.54 Å². The number of nitrogens with zero attached hydrogens (tertiary/aromatic N) is 1. The fourth-order valence-electron chi connectivity index (χ4n) is 3.12. The van der Waals surface area contributed by atoms with Crippen LogP contribution in [0.2, 0.25) is 0 Å². The van der Waals surface area contributed by atoms with Crippen LogP contribution < -0.4 is 9.47 Å². The standard InChI is InChI=1S/C16H25NO4S/c1-6-22(18,19)17-8-7-12-9-14(20-4)15(21-5)10-13(12)16(17)11(2)3/h9-11,16H,6-8H2,1-5H3. The summed E-state index contributed by atoms with van der Waals surface area (Å²) >= 11 is 0. The lowest BCUT2D eigenvalue weighted by Crippen LogP contribution is -2.42. The van der Waals surface area contributed by atoms with Crippen LogP contribution in [0.5, 0.6) is 11.5 Å². The van der Waals surface area contributed by atoms with Gasteiger partial charge in [0.25, 0.3) is 0 Å². The molecule has 1 aromatic rings. The van der Waals surface area contributed by atoms with Crippen LogP contribution in [0.3, 0.4) is 0 Å². The molecule has 1 aromatic carbocycles. The smallest absolute Gasteiger partial charge is 0.214 e. The van der Waals surface area contributed by atoms with E-state index in [2.05, 4.69) is 13.8 Å². The van der Waals surface area contributed by atoms with Crippen LogP contribution in [0, 0.1) is 5.92 Å². The Labute approximate surface area is 133 Å². The van der Waals surface area contributed by atoms with E-state index in [0.717, 1.165) is 11.1 Å². The van der Waals surface area contributed by atoms with Crippen molar-refractivity contribution < 1.29 is 17.9 Å². The number of benzene rings is 1. The fourth-order valence-corrected chi connectivity index (χ4v) is 4.53. The van der Waals surface area contributed by atoms with Gasteiger partial charge in [0.2, 0.25) is 10.0 Å². The number of fused-ring (bicyclic) bond motifs is 1. The molecule has 124 valence electrons. The molecular formula is C16H25NO4S. The highest BCUT2D eigenvalue weighted by Gasteiger charge is 2.37. The minimum atomic E-state index is -3.23. The number of rotatable bonds is 5. The van der Waals surface area contributed by atoms with Crippen LogP contribution >= 0.6 is 0 Å². The molecule has 1 atom stereocenters. The summed E-state index contributed by atoms with van der Waals surface area (Å²) in [5.74, 6) is 1.63. The van der Waals surface area contributed by atoms with E-state index in [1.54, 1.807) is 25.4 Å². The molecule has 0 saturated carbocycles. The summed E-state index contributed by atoms with van der Waals surface area (Å²) in [7, 11) is -0.0249. The molecule has 6 heteroatoms. The monoisotopic (exact) mass is 327 g/mol. The van der Waals surface area contributed by atoms with E-state index in [1.807, 2.05) is 12.1 Å². The van der Waals surface area contributed by atoms with Crippen LogP contribution in [0.1, 0.15) is 37.9 Å². The van der Waals surface area contributed by atoms with Gasteiger partial charge in [-0.15, -0.1) is 0 Å². The molecular weight excluding hydrogens is 302 g/mol. The summed E-state index contributed by atoms with van der Waals surface area (Å²) in [5.41, 5.74) is 2.16. The quantitative estimate of drug-likeness (QED) is 0.834. The lowest BCUT2D eigenvalue weighted by atomic mass is 9.87. The largest absolute Gasteiger partial charge is 0.493 e. The van der Waals surface area contributed by atoms with Crippen molar-refractivity contribution in [2.45, 2.75) is 33.2 Å². The summed E-state index contributed by atoms with van der Waals surface area (Å²) in [5, 5.41) is 0. The first-order valence-electron chi connectivity index (χ1n) is 7.60. The maximum Gasteiger partial charge on any atom is 0.214 e. The molecule has 1 unspecified atom stereocenters. The first kappa shape index (κ1) is 17.1. The van der Waals surface area contributed by atoms with E-state index >= 15 is 0 Å². The number of ether oxygens (including phenoxy) is 2. The third-order valence-corrected chi connectivity index (χ3v) is 6.08. The van der Waals surface area contributed by atoms with Crippen molar-refractivity contribution in [3.8, 4) is 11.5 Å². The van der Waals surface area contributed by atoms with E-state index in [0.29, 0.717) is 24.5 Å². The predicted molar refractivity (Wildman–Crippen MR) is 87.0 cm³/mol. The van der Waals surface area contributed by atoms with Gasteiger partial charge in [0.15, 0.2) is 11.5 Å². The van der Waals surface area contributed by atoms with Gasteiger partial charge >= 0.3 is 0 Å². The number of sulfonamides is 1. The summed E-state index contributed by atoms with van der Waals surface area (Å²) in [6, 6.07) is 3.74. The molecule has 2 rings (SSSR count). The van der Waals surface area contributed by atoms with Gasteiger partial charge < -0.3 is 9.47 Å². The second kappa shape index (κ2) is 6.46. The highest BCUT2D eigenvalue weighted by Crippen LogP contribution is 2.42. The van der Waals surface area contributed by atoms with Crippen molar-refractivity contribution in [2.24, 2.45) is 5.92 Å². The van der Waals surface area contributed by atoms with Crippen molar-refractivity contribution in [3.05, 3.63) is 23.3 Å². The number of methoxy groups -OCH3 is 2. The van der Waals surface area contributed by atoms with Crippen LogP contribution in [0.15, 0.2) is 12.1 Å². The first-order chi connectivity index (χ1) is 10.4. The van der Waals surface area contributed by atoms with E-state index < -0.39 is 10.0 Å². The van der Waals surface area contributed by atoms with Crippen LogP contribution in [0.25, 0.3) is 0 Å². The fraction of sp³-hybridized carbons (Fsp3) is 0.625. The highest BCUT2D eigenvalue weighted by molar-refractivity contribution is 7.89. The summed E-state index contributed by atoms with van der Waals surface area (Å²) in [6.07, 6.45) is 0.693. The zero-order chi connectivity index (χ0) is 16.5. The van der Waals surface area contributed by atoms with Crippen molar-refractivity contribution in [1.82, 2.24) is 4.31 Å². The molecule has 22 heavy (non-hydrogen) atoms. The molecule has 5 nitrogen and oxygen atoms in total. The minimum absolute atomic E-state index is 0.124. The maximum absolute atomic E-state index is 12.4. The van der Waals surface area contributed by atoms with Crippen LogP contribution in [-0.4, -0.2) is 39.2 Å². The Balaban J connectivity index is 2.58. The Morgan fingerprint density at radius 2 is 1.82 bits per heavy atom. The van der Waals surface area contributed by atoms with Crippen molar-refractivity contribution in [1.29, 1.82) is 0 Å². The van der Waals surface area contributed by atoms with Gasteiger partial charge in [0.1, 0.15) is 0 Å². The molecule has 0 bridgehead atoms. The molecule has 0 N–H and O–H groups in total. The molecule has 0 aliphatic carbocycles. The van der Waals surface area contributed by atoms with Crippen molar-refractivity contribution in [2.75, 3.05) is 26.5 Å². The topological polar surface area (TPSA) is 55.8 Å². The van der Waals surface area contributed by atoms with Crippen molar-refractivity contribution >= 4 is 10.0 Å². The Kier molecular flexibility index (Phi) is 5.02. The minimum Gasteiger partial charge on any atom is -0.493 e. The molecule has 0 saturated heterocycles. The summed E-state index contributed by atoms with van der Waals surface area (Å²) < 4.78 is 37.2. The summed E-state index contributed by atoms with van der Waals surface area (Å²) in [4.78, 5) is 0. The average Bonchev–Trinajstić information content (AvgIpc) is 2.51. The Morgan fingerprint density at radius 3 is 2.32 bits per heavy atom. The predicted octanol–water partition coefficient (Wildman–Crippen LogP) is 2.61. The van der Waals surface area contributed by atoms with Crippen LogP contribution in [-0.2, 0) is 16.4 Å². The molecule has 0 fully saturated rings. The van der Waals surface area contributed by atoms with Gasteiger partial charge in [-0.1, -0.05) is 13.8 Å². The zero-order valence-corrected chi connectivity index (χ0v) is 14.7. The highest BCUT2D eigenvalue weighted by atomic mass is 32.2. The third-order valence-electron chi connectivity index (χ3n) is 4.23. The molecule has 1 aliphatic rings. The molecule has 0 spiro atoms. The normalized spacial score (nSPS) is 19.1. The molecule has 0 aromatic heterocycles. The molecule has 1 heterocycles. The Bertz CT molecular complexity index is 640. The van der Waals surface area contributed by atoms with E-state index in [4.69, 9.17) is 9.47 Å². The lowest BCUT2D eigenvalue weighted by Gasteiger charge is -2.39. The van der Waals surface area contributed by atoms with Gasteiger partial charge in [0.05, 0.1) is 26.0 Å². The van der Waals surface area contributed by atoms with E-state index in [9.17, 15) is 8.42 Å². The first-order valence-corrected chi connectivity index (χ1v) is 9.20. The molecule has 1 aliphatic heterocycles. The maximum atomic E-state index is 12.4. The Morgan fingerprint density at radius 1 is 1.23 bits per heavy atom. The van der Waals surface area contributed by atoms with Gasteiger partial charge in [-0.05, 0) is 42.5 Å². The number of hydrogen-bond donors (Lipinski definition) is 0. The van der Waals surface area contributed by atoms with Gasteiger partial charge in [-0.25, -0.2) is 8.42 Å². The van der Waals surface area contributed by atoms with Crippen molar-refractivity contribution in [3.63, 3.8) is 0 Å². The van der Waals surface area contributed by atoms with Crippen LogP contribution in [0.4, 0.5) is 0 Å². The SMILES string of the molecule is CCS(=O)(=O)N1CCc2cc(OC)c(OC)cc2C1C(C)C. The second-order valence-electron chi connectivity index (χ2n) is 5.86. The van der Waals surface area contributed by atoms with Gasteiger partial charge in [-0.3, -0.25) is 0 Å². The Hall–Kier alpha value is -1.27. The van der Waals surface area contributed by atoms with E-state index in [1.165, 1.54) is 0 Å². The molecule has 0 radical (unpaired) electrons. The molecule has 0 amide bonds. The number of hydrogen-bond acceptors (Lipinski definition) is 4. The summed E-state index contributed by atoms with van der Waals surface area (Å²) in [6.45, 7) is 6.31. The van der Waals surface area contributed by atoms with Gasteiger partial charge in [-0.2, -0.15) is 4.31 Å². The lowest BCUT2D eigenvalue weighted by molar-refractivity contribution is 0.246. The second-order valence-corrected chi connectivity index (χ2v) is 8.07. The third kappa shape index (κ3) is 2.94. The average molecular weight is 327 g/mol. The zero-order valence-electron chi connectivity index (χ0n) is 13.9.